The molecule has 4 aliphatic rings. The average Bonchev–Trinajstić information content (AvgIpc) is 3.38. The molecule has 1 aromatic heterocycles. The number of H-pyrrole nitrogens is 1. The van der Waals surface area contributed by atoms with E-state index in [2.05, 4.69) is 29.4 Å². The molecule has 6 nitrogen and oxygen atoms in total. The molecule has 9 heteroatoms. The Morgan fingerprint density at radius 1 is 0.978 bits per heavy atom. The number of nitrogens with zero attached hydrogens (tertiary/aromatic N) is 1. The number of ether oxygens (including phenoxy) is 1. The lowest BCUT2D eigenvalue weighted by Gasteiger charge is -2.61. The maximum absolute atomic E-state index is 14.8. The Hall–Kier alpha value is -3.20. The summed E-state index contributed by atoms with van der Waals surface area (Å²) in [4.78, 5) is 25.2. The molecule has 0 aliphatic heterocycles. The van der Waals surface area contributed by atoms with Crippen molar-refractivity contribution in [2.24, 2.45) is 34.5 Å². The number of aromatic amines is 1. The fourth-order valence-corrected chi connectivity index (χ4v) is 10.2. The largest absolute Gasteiger partial charge is 0.376 e. The molecule has 0 spiro atoms. The van der Waals surface area contributed by atoms with Crippen molar-refractivity contribution in [3.63, 3.8) is 0 Å². The van der Waals surface area contributed by atoms with Crippen LogP contribution >= 0.6 is 0 Å². The maximum atomic E-state index is 14.8. The van der Waals surface area contributed by atoms with Crippen molar-refractivity contribution >= 4 is 16.7 Å². The Kier molecular flexibility index (Phi) is 8.05. The summed E-state index contributed by atoms with van der Waals surface area (Å²) in [7, 11) is 0. The predicted octanol–water partition coefficient (Wildman–Crippen LogP) is 7.45. The van der Waals surface area contributed by atoms with Crippen molar-refractivity contribution in [1.29, 1.82) is 0 Å². The minimum absolute atomic E-state index is 0.0199. The molecular weight excluding hydrogens is 591 g/mol. The molecule has 46 heavy (non-hydrogen) atoms. The molecule has 7 rings (SSSR count). The Morgan fingerprint density at radius 3 is 2.59 bits per heavy atom. The third-order valence-electron chi connectivity index (χ3n) is 12.7. The summed E-state index contributed by atoms with van der Waals surface area (Å²) >= 11 is 0. The van der Waals surface area contributed by atoms with Crippen LogP contribution in [0, 0.1) is 40.3 Å². The van der Waals surface area contributed by atoms with Gasteiger partial charge in [-0.25, -0.2) is 18.3 Å². The van der Waals surface area contributed by atoms with E-state index in [-0.39, 0.29) is 53.4 Å². The lowest BCUT2D eigenvalue weighted by atomic mass is 9.45. The zero-order valence-electron chi connectivity index (χ0n) is 26.7. The summed E-state index contributed by atoms with van der Waals surface area (Å²) in [6.07, 6.45) is 7.30. The number of benzene rings is 2. The van der Waals surface area contributed by atoms with Gasteiger partial charge in [-0.2, -0.15) is 5.10 Å². The molecule has 0 bridgehead atoms. The first-order valence-corrected chi connectivity index (χ1v) is 17.0. The predicted molar refractivity (Wildman–Crippen MR) is 170 cm³/mol. The van der Waals surface area contributed by atoms with Gasteiger partial charge in [0.1, 0.15) is 5.82 Å². The summed E-state index contributed by atoms with van der Waals surface area (Å²) in [6, 6.07) is 11.6. The van der Waals surface area contributed by atoms with Gasteiger partial charge >= 0.3 is 0 Å². The molecule has 4 saturated carbocycles. The van der Waals surface area contributed by atoms with Crippen LogP contribution in [0.15, 0.2) is 47.3 Å². The number of fused-ring (bicyclic) bond motifs is 6. The number of amides is 1. The Labute approximate surface area is 267 Å². The molecule has 0 saturated heterocycles. The van der Waals surface area contributed by atoms with Crippen LogP contribution in [0.25, 0.3) is 10.8 Å². The first-order valence-electron chi connectivity index (χ1n) is 17.0. The Balaban J connectivity index is 0.952. The van der Waals surface area contributed by atoms with Crippen molar-refractivity contribution in [3.8, 4) is 0 Å². The van der Waals surface area contributed by atoms with E-state index >= 15 is 0 Å². The van der Waals surface area contributed by atoms with Crippen molar-refractivity contribution in [1.82, 2.24) is 15.5 Å². The standard InChI is InChI=1S/C37H44F3N3O3/c1-35-15-16-37(39,40)21-23(35)8-9-26-28-10-12-32(36(28,2)14-13-29(26)35)46-18-17-41-33(44)27-19-22(7-11-30(27)38)20-31-24-5-3-4-6-25(24)34(45)43-42-31/h3-7,11,19,23,26,28-29,32H,8-10,12-18,20-21H2,1-2H3,(H,41,44)(H,43,45)/t23-,26-,28-,29-,32-,35-,36-/m0/s1. The highest BCUT2D eigenvalue weighted by molar-refractivity contribution is 5.94. The van der Waals surface area contributed by atoms with Gasteiger partial charge in [0.2, 0.25) is 5.92 Å². The lowest BCUT2D eigenvalue weighted by Crippen LogP contribution is -2.55. The lowest BCUT2D eigenvalue weighted by molar-refractivity contribution is -0.169. The number of aromatic nitrogens is 2. The van der Waals surface area contributed by atoms with E-state index in [1.54, 1.807) is 18.2 Å². The number of nitrogens with one attached hydrogen (secondary N) is 2. The summed E-state index contributed by atoms with van der Waals surface area (Å²) in [5.41, 5.74) is 1.10. The quantitative estimate of drug-likeness (QED) is 0.264. The van der Waals surface area contributed by atoms with Gasteiger partial charge in [0.15, 0.2) is 0 Å². The highest BCUT2D eigenvalue weighted by Gasteiger charge is 2.62. The molecule has 1 heterocycles. The number of carbonyl (C=O) groups is 1. The van der Waals surface area contributed by atoms with Crippen LogP contribution in [0.1, 0.15) is 93.3 Å². The van der Waals surface area contributed by atoms with Crippen LogP contribution in [-0.2, 0) is 11.2 Å². The van der Waals surface area contributed by atoms with Gasteiger partial charge in [-0.3, -0.25) is 9.59 Å². The number of carbonyl (C=O) groups excluding carboxylic acids is 1. The van der Waals surface area contributed by atoms with Gasteiger partial charge in [-0.15, -0.1) is 0 Å². The number of hydrogen-bond acceptors (Lipinski definition) is 4. The monoisotopic (exact) mass is 635 g/mol. The SMILES string of the molecule is C[C@]12CCC(F)(F)C[C@@H]1CC[C@@H]1[C@@H]2CC[C@]2(C)[C@@H](OCCNC(=O)c3cc(Cc4n[nH]c(=O)c5ccccc45)ccc3F)CC[C@@H]12. The second-order valence-electron chi connectivity index (χ2n) is 15.0. The van der Waals surface area contributed by atoms with E-state index in [0.29, 0.717) is 53.8 Å². The van der Waals surface area contributed by atoms with Crippen molar-refractivity contribution in [2.45, 2.75) is 90.1 Å². The van der Waals surface area contributed by atoms with Gasteiger partial charge < -0.3 is 10.1 Å². The Morgan fingerprint density at radius 2 is 1.76 bits per heavy atom. The normalized spacial score (nSPS) is 33.2. The summed E-state index contributed by atoms with van der Waals surface area (Å²) in [5, 5.41) is 10.8. The van der Waals surface area contributed by atoms with Gasteiger partial charge in [0, 0.05) is 31.2 Å². The van der Waals surface area contributed by atoms with Crippen LogP contribution in [0.4, 0.5) is 13.2 Å². The van der Waals surface area contributed by atoms with E-state index in [4.69, 9.17) is 4.74 Å². The van der Waals surface area contributed by atoms with Crippen molar-refractivity contribution < 1.29 is 22.7 Å². The van der Waals surface area contributed by atoms with Crippen LogP contribution < -0.4 is 10.9 Å². The summed E-state index contributed by atoms with van der Waals surface area (Å²) < 4.78 is 49.8. The summed E-state index contributed by atoms with van der Waals surface area (Å²) in [6.45, 7) is 5.27. The van der Waals surface area contributed by atoms with E-state index in [0.717, 1.165) is 43.9 Å². The number of alkyl halides is 2. The van der Waals surface area contributed by atoms with E-state index in [1.165, 1.54) is 12.1 Å². The molecule has 2 aromatic carbocycles. The fraction of sp³-hybridized carbons (Fsp3) is 0.595. The minimum Gasteiger partial charge on any atom is -0.376 e. The molecule has 4 aliphatic carbocycles. The molecular formula is C37H44F3N3O3. The number of halogens is 3. The first-order chi connectivity index (χ1) is 22.0. The molecule has 0 radical (unpaired) electrons. The van der Waals surface area contributed by atoms with Crippen LogP contribution in [-0.4, -0.2) is 41.3 Å². The van der Waals surface area contributed by atoms with Crippen LogP contribution in [0.5, 0.6) is 0 Å². The van der Waals surface area contributed by atoms with Crippen LogP contribution in [0.3, 0.4) is 0 Å². The van der Waals surface area contributed by atoms with E-state index < -0.39 is 17.6 Å². The van der Waals surface area contributed by atoms with E-state index in [1.807, 2.05) is 12.1 Å². The third kappa shape index (κ3) is 5.46. The van der Waals surface area contributed by atoms with Gasteiger partial charge in [0.05, 0.1) is 29.4 Å². The smallest absolute Gasteiger partial charge is 0.272 e. The Bertz CT molecular complexity index is 1690. The third-order valence-corrected chi connectivity index (χ3v) is 12.7. The number of hydrogen-bond donors (Lipinski definition) is 2. The van der Waals surface area contributed by atoms with Gasteiger partial charge in [-0.05, 0) is 103 Å². The summed E-state index contributed by atoms with van der Waals surface area (Å²) in [5.74, 6) is -1.85. The molecule has 3 aromatic rings. The molecule has 246 valence electrons. The van der Waals surface area contributed by atoms with Gasteiger partial charge in [0.25, 0.3) is 11.5 Å². The number of rotatable bonds is 7. The molecule has 7 atom stereocenters. The zero-order valence-corrected chi connectivity index (χ0v) is 26.7. The van der Waals surface area contributed by atoms with E-state index in [9.17, 15) is 22.8 Å². The minimum atomic E-state index is -2.51. The molecule has 4 fully saturated rings. The maximum Gasteiger partial charge on any atom is 0.272 e. The molecule has 0 unspecified atom stereocenters. The van der Waals surface area contributed by atoms with Crippen LogP contribution in [0.2, 0.25) is 0 Å². The first kappa shape index (κ1) is 31.4. The fourth-order valence-electron chi connectivity index (χ4n) is 10.2. The topological polar surface area (TPSA) is 84.1 Å². The zero-order chi connectivity index (χ0) is 32.3. The second-order valence-corrected chi connectivity index (χ2v) is 15.0. The second kappa shape index (κ2) is 11.8. The highest BCUT2D eigenvalue weighted by atomic mass is 19.3. The van der Waals surface area contributed by atoms with Crippen molar-refractivity contribution in [2.75, 3.05) is 13.2 Å². The molecule has 1 amide bonds. The molecule has 2 N–H and O–H groups in total. The highest BCUT2D eigenvalue weighted by Crippen LogP contribution is 2.67. The van der Waals surface area contributed by atoms with Gasteiger partial charge in [-0.1, -0.05) is 38.1 Å². The average molecular weight is 636 g/mol. The van der Waals surface area contributed by atoms with Crippen molar-refractivity contribution in [3.05, 3.63) is 75.5 Å².